The van der Waals surface area contributed by atoms with Gasteiger partial charge in [-0.3, -0.25) is 9.59 Å². The zero-order chi connectivity index (χ0) is 19.6. The van der Waals surface area contributed by atoms with Crippen LogP contribution in [0.4, 0.5) is 0 Å². The molecule has 0 aliphatic carbocycles. The van der Waals surface area contributed by atoms with Gasteiger partial charge in [-0.25, -0.2) is 0 Å². The van der Waals surface area contributed by atoms with E-state index in [1.54, 1.807) is 36.3 Å². The molecular formula is C20H23ClN2O4. The number of carbonyl (C=O) groups is 2. The second kappa shape index (κ2) is 10.4. The van der Waals surface area contributed by atoms with Gasteiger partial charge < -0.3 is 19.7 Å². The average Bonchev–Trinajstić information content (AvgIpc) is 2.67. The van der Waals surface area contributed by atoms with E-state index in [4.69, 9.17) is 21.1 Å². The first kappa shape index (κ1) is 20.6. The number of carbonyl (C=O) groups excluding carboxylic acids is 2. The minimum Gasteiger partial charge on any atom is -0.497 e. The van der Waals surface area contributed by atoms with Crippen LogP contribution in [0.2, 0.25) is 5.02 Å². The van der Waals surface area contributed by atoms with Gasteiger partial charge in [-0.2, -0.15) is 0 Å². The normalized spacial score (nSPS) is 10.2. The number of amides is 2. The van der Waals surface area contributed by atoms with Crippen molar-refractivity contribution in [3.05, 3.63) is 59.1 Å². The quantitative estimate of drug-likeness (QED) is 0.714. The Morgan fingerprint density at radius 1 is 1.00 bits per heavy atom. The smallest absolute Gasteiger partial charge is 0.251 e. The van der Waals surface area contributed by atoms with Gasteiger partial charge in [0.25, 0.3) is 5.91 Å². The van der Waals surface area contributed by atoms with Crippen LogP contribution in [0.3, 0.4) is 0 Å². The standard InChI is InChI=1S/C20H23ClN2O4/c1-15(24)23(13-14-27-19-9-7-18(26-2)8-10-19)12-11-22-20(25)16-3-5-17(21)6-4-16/h3-10H,11-14H2,1-2H3,(H,22,25). The Morgan fingerprint density at radius 3 is 2.22 bits per heavy atom. The number of benzene rings is 2. The highest BCUT2D eigenvalue weighted by Crippen LogP contribution is 2.16. The second-order valence-electron chi connectivity index (χ2n) is 5.79. The maximum atomic E-state index is 12.1. The highest BCUT2D eigenvalue weighted by molar-refractivity contribution is 6.30. The molecule has 2 aromatic rings. The first-order valence-corrected chi connectivity index (χ1v) is 8.93. The monoisotopic (exact) mass is 390 g/mol. The molecule has 0 aliphatic rings. The van der Waals surface area contributed by atoms with Gasteiger partial charge in [-0.05, 0) is 48.5 Å². The van der Waals surface area contributed by atoms with E-state index in [1.165, 1.54) is 6.92 Å². The van der Waals surface area contributed by atoms with Crippen molar-refractivity contribution in [1.29, 1.82) is 0 Å². The molecule has 6 nitrogen and oxygen atoms in total. The lowest BCUT2D eigenvalue weighted by Gasteiger charge is -2.21. The van der Waals surface area contributed by atoms with Crippen LogP contribution in [0.15, 0.2) is 48.5 Å². The molecule has 7 heteroatoms. The molecule has 0 heterocycles. The number of nitrogens with zero attached hydrogens (tertiary/aromatic N) is 1. The minimum absolute atomic E-state index is 0.0749. The Kier molecular flexibility index (Phi) is 7.95. The van der Waals surface area contributed by atoms with Crippen LogP contribution in [-0.4, -0.2) is 50.1 Å². The fraction of sp³-hybridized carbons (Fsp3) is 0.300. The van der Waals surface area contributed by atoms with Gasteiger partial charge in [0.15, 0.2) is 0 Å². The molecule has 0 bridgehead atoms. The molecule has 2 rings (SSSR count). The summed E-state index contributed by atoms with van der Waals surface area (Å²) in [6.07, 6.45) is 0. The van der Waals surface area contributed by atoms with Gasteiger partial charge in [0.05, 0.1) is 13.7 Å². The summed E-state index contributed by atoms with van der Waals surface area (Å²) in [7, 11) is 1.60. The number of halogens is 1. The summed E-state index contributed by atoms with van der Waals surface area (Å²) >= 11 is 5.81. The van der Waals surface area contributed by atoms with Gasteiger partial charge in [0, 0.05) is 30.6 Å². The van der Waals surface area contributed by atoms with Crippen molar-refractivity contribution in [2.24, 2.45) is 0 Å². The molecule has 2 amide bonds. The van der Waals surface area contributed by atoms with E-state index >= 15 is 0 Å². The van der Waals surface area contributed by atoms with Crippen molar-refractivity contribution < 1.29 is 19.1 Å². The fourth-order valence-electron chi connectivity index (χ4n) is 2.38. The maximum absolute atomic E-state index is 12.1. The molecule has 2 aromatic carbocycles. The maximum Gasteiger partial charge on any atom is 0.251 e. The Bertz CT molecular complexity index is 748. The van der Waals surface area contributed by atoms with Crippen molar-refractivity contribution in [3.63, 3.8) is 0 Å². The molecule has 0 aromatic heterocycles. The first-order valence-electron chi connectivity index (χ1n) is 8.55. The van der Waals surface area contributed by atoms with Crippen molar-refractivity contribution in [3.8, 4) is 11.5 Å². The zero-order valence-electron chi connectivity index (χ0n) is 15.4. The summed E-state index contributed by atoms with van der Waals surface area (Å²) in [4.78, 5) is 25.5. The average molecular weight is 391 g/mol. The largest absolute Gasteiger partial charge is 0.497 e. The van der Waals surface area contributed by atoms with Crippen LogP contribution in [0.1, 0.15) is 17.3 Å². The Morgan fingerprint density at radius 2 is 1.63 bits per heavy atom. The third-order valence-corrected chi connectivity index (χ3v) is 4.16. The zero-order valence-corrected chi connectivity index (χ0v) is 16.2. The predicted octanol–water partition coefficient (Wildman–Crippen LogP) is 3.01. The second-order valence-corrected chi connectivity index (χ2v) is 6.23. The van der Waals surface area contributed by atoms with E-state index in [0.29, 0.717) is 42.6 Å². The lowest BCUT2D eigenvalue weighted by Crippen LogP contribution is -2.39. The molecule has 27 heavy (non-hydrogen) atoms. The van der Waals surface area contributed by atoms with Crippen LogP contribution >= 0.6 is 11.6 Å². The third-order valence-electron chi connectivity index (χ3n) is 3.91. The molecule has 0 fully saturated rings. The first-order chi connectivity index (χ1) is 13.0. The minimum atomic E-state index is -0.204. The molecule has 0 aliphatic heterocycles. The number of methoxy groups -OCH3 is 1. The van der Waals surface area contributed by atoms with E-state index < -0.39 is 0 Å². The van der Waals surface area contributed by atoms with E-state index in [1.807, 2.05) is 24.3 Å². The van der Waals surface area contributed by atoms with Gasteiger partial charge in [0.2, 0.25) is 5.91 Å². The van der Waals surface area contributed by atoms with Crippen LogP contribution in [0.25, 0.3) is 0 Å². The summed E-state index contributed by atoms with van der Waals surface area (Å²) in [5, 5.41) is 3.37. The van der Waals surface area contributed by atoms with Crippen molar-refractivity contribution >= 4 is 23.4 Å². The fourth-order valence-corrected chi connectivity index (χ4v) is 2.51. The molecular weight excluding hydrogens is 368 g/mol. The molecule has 0 radical (unpaired) electrons. The van der Waals surface area contributed by atoms with Crippen molar-refractivity contribution in [1.82, 2.24) is 10.2 Å². The topological polar surface area (TPSA) is 67.9 Å². The molecule has 144 valence electrons. The van der Waals surface area contributed by atoms with Gasteiger partial charge in [-0.15, -0.1) is 0 Å². The van der Waals surface area contributed by atoms with Gasteiger partial charge in [-0.1, -0.05) is 11.6 Å². The van der Waals surface area contributed by atoms with E-state index in [2.05, 4.69) is 5.32 Å². The molecule has 0 unspecified atom stereocenters. The van der Waals surface area contributed by atoms with E-state index in [-0.39, 0.29) is 11.8 Å². The van der Waals surface area contributed by atoms with Gasteiger partial charge >= 0.3 is 0 Å². The lowest BCUT2D eigenvalue weighted by atomic mass is 10.2. The Labute approximate surface area is 164 Å². The number of ether oxygens (including phenoxy) is 2. The summed E-state index contributed by atoms with van der Waals surface area (Å²) in [5.41, 5.74) is 0.525. The highest BCUT2D eigenvalue weighted by atomic mass is 35.5. The van der Waals surface area contributed by atoms with Crippen molar-refractivity contribution in [2.75, 3.05) is 33.4 Å². The number of rotatable bonds is 9. The molecule has 0 spiro atoms. The molecule has 0 saturated carbocycles. The predicted molar refractivity (Wildman–Crippen MR) is 105 cm³/mol. The van der Waals surface area contributed by atoms with Crippen molar-refractivity contribution in [2.45, 2.75) is 6.92 Å². The molecule has 0 saturated heterocycles. The SMILES string of the molecule is COc1ccc(OCCN(CCNC(=O)c2ccc(Cl)cc2)C(C)=O)cc1. The van der Waals surface area contributed by atoms with Crippen LogP contribution in [0.5, 0.6) is 11.5 Å². The van der Waals surface area contributed by atoms with Crippen LogP contribution in [0, 0.1) is 0 Å². The summed E-state index contributed by atoms with van der Waals surface area (Å²) in [6, 6.07) is 13.9. The number of nitrogens with one attached hydrogen (secondary N) is 1. The third kappa shape index (κ3) is 6.83. The summed E-state index contributed by atoms with van der Waals surface area (Å²) in [5.74, 6) is 1.18. The Balaban J connectivity index is 1.75. The number of hydrogen-bond acceptors (Lipinski definition) is 4. The van der Waals surface area contributed by atoms with Gasteiger partial charge in [0.1, 0.15) is 18.1 Å². The van der Waals surface area contributed by atoms with E-state index in [0.717, 1.165) is 5.75 Å². The highest BCUT2D eigenvalue weighted by Gasteiger charge is 2.10. The summed E-state index contributed by atoms with van der Waals surface area (Å²) < 4.78 is 10.7. The molecule has 1 N–H and O–H groups in total. The Hall–Kier alpha value is -2.73. The summed E-state index contributed by atoms with van der Waals surface area (Å²) in [6.45, 7) is 3.04. The van der Waals surface area contributed by atoms with Crippen LogP contribution < -0.4 is 14.8 Å². The number of hydrogen-bond donors (Lipinski definition) is 1. The van der Waals surface area contributed by atoms with Crippen LogP contribution in [-0.2, 0) is 4.79 Å². The van der Waals surface area contributed by atoms with E-state index in [9.17, 15) is 9.59 Å². The molecule has 0 atom stereocenters. The lowest BCUT2D eigenvalue weighted by molar-refractivity contribution is -0.129.